The minimum atomic E-state index is -2.43. The van der Waals surface area contributed by atoms with Crippen LogP contribution in [0, 0.1) is 46.8 Å². The number of hydrogen-bond acceptors (Lipinski definition) is 13. The molecule has 2 bridgehead atoms. The summed E-state index contributed by atoms with van der Waals surface area (Å²) in [5, 5.41) is 47.2. The van der Waals surface area contributed by atoms with Gasteiger partial charge in [-0.15, -0.1) is 0 Å². The Morgan fingerprint density at radius 2 is 1.59 bits per heavy atom. The number of aliphatic hydroxyl groups excluding tert-OH is 2. The van der Waals surface area contributed by atoms with Crippen molar-refractivity contribution in [2.24, 2.45) is 35.5 Å². The number of ether oxygens (including phenoxy) is 4. The van der Waals surface area contributed by atoms with Crippen LogP contribution in [0.3, 0.4) is 0 Å². The predicted molar refractivity (Wildman–Crippen MR) is 273 cm³/mol. The quantitative estimate of drug-likeness (QED) is 0.115. The van der Waals surface area contributed by atoms with Crippen molar-refractivity contribution in [1.82, 2.24) is 4.90 Å². The molecule has 1 amide bonds. The number of ketones is 2. The minimum absolute atomic E-state index is 0.0345. The molecule has 1 saturated carbocycles. The van der Waals surface area contributed by atoms with Crippen molar-refractivity contribution in [2.45, 2.75) is 186 Å². The minimum Gasteiger partial charge on any atom is -0.461 e. The first-order valence-corrected chi connectivity index (χ1v) is 26.2. The van der Waals surface area contributed by atoms with Crippen LogP contribution in [0.15, 0.2) is 71.9 Å². The van der Waals surface area contributed by atoms with E-state index in [0.29, 0.717) is 81.8 Å². The highest BCUT2D eigenvalue weighted by atomic mass is 16.6. The maximum Gasteiger partial charge on any atom is 0.329 e. The van der Waals surface area contributed by atoms with Crippen LogP contribution in [-0.4, -0.2) is 119 Å². The van der Waals surface area contributed by atoms with Gasteiger partial charge in [0.25, 0.3) is 11.7 Å². The summed E-state index contributed by atoms with van der Waals surface area (Å²) in [5.74, 6) is -6.36. The summed E-state index contributed by atoms with van der Waals surface area (Å²) in [4.78, 5) is 58.5. The first-order valence-electron chi connectivity index (χ1n) is 26.2. The van der Waals surface area contributed by atoms with E-state index in [1.807, 2.05) is 76.3 Å². The largest absolute Gasteiger partial charge is 0.461 e. The van der Waals surface area contributed by atoms with Gasteiger partial charge in [0.05, 0.1) is 29.9 Å². The second kappa shape index (κ2) is 27.0. The second-order valence-corrected chi connectivity index (χ2v) is 21.3. The molecule has 5 rings (SSSR count). The maximum absolute atomic E-state index is 14.5. The van der Waals surface area contributed by atoms with E-state index in [1.165, 1.54) is 12.0 Å². The first-order chi connectivity index (χ1) is 33.8. The van der Waals surface area contributed by atoms with Crippen molar-refractivity contribution in [3.8, 4) is 6.07 Å². The number of hydrogen-bond donors (Lipinski definition) is 4. The molecule has 2 saturated heterocycles. The number of anilines is 1. The van der Waals surface area contributed by atoms with Crippen LogP contribution in [0.5, 0.6) is 0 Å². The molecule has 14 heteroatoms. The number of piperidine rings is 1. The Bertz CT molecular complexity index is 2110. The molecule has 4 N–H and O–H groups in total. The fraction of sp³-hybridized carbons (Fsp3) is 0.667. The van der Waals surface area contributed by atoms with E-state index in [9.17, 15) is 39.8 Å². The number of Topliss-reactive ketones (excluding diaryl/α,β-unsaturated/α-hetero) is 2. The average molecular weight is 986 g/mol. The van der Waals surface area contributed by atoms with Crippen LogP contribution >= 0.6 is 0 Å². The molecule has 0 aromatic heterocycles. The molecule has 3 heterocycles. The third kappa shape index (κ3) is 15.5. The molecular formula is C57H83N3O11. The topological polar surface area (TPSA) is 205 Å². The molecule has 0 radical (unpaired) electrons. The van der Waals surface area contributed by atoms with Gasteiger partial charge in [0.2, 0.25) is 5.79 Å². The molecule has 3 aliphatic heterocycles. The average Bonchev–Trinajstić information content (AvgIpc) is 3.35. The van der Waals surface area contributed by atoms with E-state index >= 15 is 0 Å². The highest BCUT2D eigenvalue weighted by Gasteiger charge is 2.53. The lowest BCUT2D eigenvalue weighted by atomic mass is 9.78. The van der Waals surface area contributed by atoms with Gasteiger partial charge in [-0.25, -0.2) is 4.79 Å². The monoisotopic (exact) mass is 986 g/mol. The number of esters is 1. The molecule has 1 aromatic carbocycles. The van der Waals surface area contributed by atoms with Gasteiger partial charge in [0.1, 0.15) is 24.4 Å². The summed E-state index contributed by atoms with van der Waals surface area (Å²) < 4.78 is 24.1. The lowest BCUT2D eigenvalue weighted by Crippen LogP contribution is -2.61. The number of benzene rings is 1. The van der Waals surface area contributed by atoms with Crippen LogP contribution in [0.25, 0.3) is 0 Å². The lowest BCUT2D eigenvalue weighted by molar-refractivity contribution is -0.263. The molecule has 1 aliphatic carbocycles. The number of nitriles is 1. The lowest BCUT2D eigenvalue weighted by Gasteiger charge is -2.43. The standard InChI is InChI=1S/C57H83N3O11/c1-35-15-11-10-12-16-37(3)46(59-44-23-20-42(34-58)21-24-44)33-45-25-19-41(7)57(67,71-45)54(64)55(65)60-28-14-13-17-47(60)56(66)70-49(38(4)31-43-22-26-48(61)50(32-43)68-8)27-18-36(2)30-40(6)52(63)53(69-9)51(62)39(5)29-35/h10-12,15-16,20-21,23-24,30,35-36,38-39,41,43,45-50,52-53,59,61,63,67H,13-14,17-19,22,25-29,31-33H2,1-9H3/b12-10+,15-11+,37-16+,40-30+/t35-,36+,38-,39-,41?,43+,45+,46+,47?,48-,49+,50-,52-,53+,57-/m1/s1. The summed E-state index contributed by atoms with van der Waals surface area (Å²) in [7, 11) is 3.04. The fourth-order valence-corrected chi connectivity index (χ4v) is 11.1. The first kappa shape index (κ1) is 57.4. The van der Waals surface area contributed by atoms with Gasteiger partial charge >= 0.3 is 5.97 Å². The van der Waals surface area contributed by atoms with Gasteiger partial charge in [0, 0.05) is 44.3 Å². The zero-order valence-corrected chi connectivity index (χ0v) is 43.8. The fourth-order valence-electron chi connectivity index (χ4n) is 11.1. The molecule has 2 unspecified atom stereocenters. The van der Waals surface area contributed by atoms with E-state index < -0.39 is 71.8 Å². The summed E-state index contributed by atoms with van der Waals surface area (Å²) in [5.41, 5.74) is 2.79. The van der Waals surface area contributed by atoms with Crippen molar-refractivity contribution in [3.63, 3.8) is 0 Å². The van der Waals surface area contributed by atoms with Crippen LogP contribution in [0.2, 0.25) is 0 Å². The molecule has 14 nitrogen and oxygen atoms in total. The highest BCUT2D eigenvalue weighted by Crippen LogP contribution is 2.38. The molecule has 3 fully saturated rings. The number of fused-ring (bicyclic) bond motifs is 3. The summed E-state index contributed by atoms with van der Waals surface area (Å²) in [6.07, 6.45) is 14.6. The van der Waals surface area contributed by atoms with E-state index in [1.54, 1.807) is 33.1 Å². The van der Waals surface area contributed by atoms with E-state index in [-0.39, 0.29) is 54.6 Å². The van der Waals surface area contributed by atoms with Crippen LogP contribution in [-0.2, 0) is 38.1 Å². The number of nitrogens with zero attached hydrogens (tertiary/aromatic N) is 2. The van der Waals surface area contributed by atoms with Gasteiger partial charge in [0.15, 0.2) is 5.78 Å². The number of carbonyl (C=O) groups is 4. The van der Waals surface area contributed by atoms with Crippen molar-refractivity contribution in [3.05, 3.63) is 77.4 Å². The smallest absolute Gasteiger partial charge is 0.329 e. The molecular weight excluding hydrogens is 903 g/mol. The van der Waals surface area contributed by atoms with Gasteiger partial charge in [-0.2, -0.15) is 5.26 Å². The third-order valence-corrected chi connectivity index (χ3v) is 15.6. The molecule has 1 aromatic rings. The van der Waals surface area contributed by atoms with Gasteiger partial charge in [-0.05, 0) is 151 Å². The summed E-state index contributed by atoms with van der Waals surface area (Å²) in [6, 6.07) is 7.82. The zero-order valence-electron chi connectivity index (χ0n) is 43.8. The Morgan fingerprint density at radius 1 is 0.859 bits per heavy atom. The molecule has 0 spiro atoms. The highest BCUT2D eigenvalue weighted by molar-refractivity contribution is 6.39. The maximum atomic E-state index is 14.5. The SMILES string of the molecule is CO[C@@H]1C[C@H](C[C@@H](C)[C@@H]2CC[C@H](C)/C=C(\C)[C@@H](O)[C@@H](OC)C(=O)[C@H](C)C[C@H](C)/C=C/C=C/C=C(\C)[C@@H](Nc3ccc(C#N)cc3)C[C@@H]3CCC(C)[C@@](O)(O3)C(=O)C(=O)N3CCCCC3C(=O)O2)CC[C@H]1O. The Morgan fingerprint density at radius 3 is 2.28 bits per heavy atom. The van der Waals surface area contributed by atoms with Gasteiger partial charge in [-0.3, -0.25) is 14.4 Å². The number of allylic oxidation sites excluding steroid dienone is 6. The Kier molecular flexibility index (Phi) is 21.8. The summed E-state index contributed by atoms with van der Waals surface area (Å²) in [6.45, 7) is 13.6. The molecule has 4 aliphatic rings. The normalized spacial score (nSPS) is 37.7. The number of carbonyl (C=O) groups excluding carboxylic acids is 4. The van der Waals surface area contributed by atoms with E-state index in [0.717, 1.165) is 17.7 Å². The van der Waals surface area contributed by atoms with Crippen molar-refractivity contribution in [1.29, 1.82) is 5.26 Å². The molecule has 15 atom stereocenters. The van der Waals surface area contributed by atoms with Crippen LogP contribution in [0.4, 0.5) is 5.69 Å². The number of cyclic esters (lactones) is 1. The van der Waals surface area contributed by atoms with Crippen molar-refractivity contribution >= 4 is 29.1 Å². The predicted octanol–water partition coefficient (Wildman–Crippen LogP) is 8.34. The van der Waals surface area contributed by atoms with Gasteiger partial charge < -0.3 is 44.5 Å². The number of amides is 1. The van der Waals surface area contributed by atoms with Crippen LogP contribution < -0.4 is 5.32 Å². The Balaban J connectivity index is 1.48. The van der Waals surface area contributed by atoms with Crippen LogP contribution in [0.1, 0.15) is 138 Å². The summed E-state index contributed by atoms with van der Waals surface area (Å²) >= 11 is 0. The second-order valence-electron chi connectivity index (χ2n) is 21.3. The van der Waals surface area contributed by atoms with Crippen molar-refractivity contribution < 1.29 is 53.4 Å². The molecule has 392 valence electrons. The number of methoxy groups -OCH3 is 2. The Hall–Kier alpha value is -4.49. The Labute approximate surface area is 422 Å². The van der Waals surface area contributed by atoms with Gasteiger partial charge in [-0.1, -0.05) is 76.6 Å². The number of nitrogens with one attached hydrogen (secondary N) is 1. The zero-order chi connectivity index (χ0) is 52.0. The van der Waals surface area contributed by atoms with E-state index in [2.05, 4.69) is 18.3 Å². The third-order valence-electron chi connectivity index (χ3n) is 15.6. The number of aliphatic hydroxyl groups is 3. The number of rotatable bonds is 7. The van der Waals surface area contributed by atoms with E-state index in [4.69, 9.17) is 18.9 Å². The molecule has 71 heavy (non-hydrogen) atoms. The van der Waals surface area contributed by atoms with Crippen molar-refractivity contribution in [2.75, 3.05) is 26.1 Å².